The average Bonchev–Trinajstić information content (AvgIpc) is 2.57. The van der Waals surface area contributed by atoms with Gasteiger partial charge < -0.3 is 5.11 Å². The molecule has 2 rings (SSSR count). The molecular weight excluding hydrogens is 296 g/mol. The van der Waals surface area contributed by atoms with E-state index in [-0.39, 0.29) is 11.5 Å². The molecule has 0 radical (unpaired) electrons. The first-order valence-corrected chi connectivity index (χ1v) is 7.53. The third-order valence-electron chi connectivity index (χ3n) is 2.84. The first kappa shape index (κ1) is 12.1. The number of aryl methyl sites for hydroxylation is 1. The molecule has 0 bridgehead atoms. The van der Waals surface area contributed by atoms with E-state index in [0.717, 1.165) is 15.9 Å². The van der Waals surface area contributed by atoms with Gasteiger partial charge in [0.2, 0.25) is 0 Å². The van der Waals surface area contributed by atoms with E-state index < -0.39 is 22.0 Å². The summed E-state index contributed by atoms with van der Waals surface area (Å²) in [5.74, 6) is -0.212. The highest BCUT2D eigenvalue weighted by atomic mass is 79.9. The monoisotopic (exact) mass is 308 g/mol. The topological polar surface area (TPSA) is 72.2 Å². The van der Waals surface area contributed by atoms with Crippen molar-refractivity contribution in [2.24, 2.45) is 0 Å². The van der Waals surface area contributed by atoms with Crippen LogP contribution in [0.15, 0.2) is 4.47 Å². The normalized spacial score (nSPS) is 28.5. The minimum Gasteiger partial charge on any atom is -0.390 e. The van der Waals surface area contributed by atoms with Gasteiger partial charge >= 0.3 is 0 Å². The average molecular weight is 309 g/mol. The fourth-order valence-electron chi connectivity index (χ4n) is 2.01. The van der Waals surface area contributed by atoms with Crippen LogP contribution < -0.4 is 0 Å². The Bertz CT molecular complexity index is 523. The Morgan fingerprint density at radius 1 is 1.44 bits per heavy atom. The molecule has 1 aromatic rings. The van der Waals surface area contributed by atoms with Gasteiger partial charge in [-0.05, 0) is 29.8 Å². The van der Waals surface area contributed by atoms with Crippen molar-refractivity contribution in [3.8, 4) is 0 Å². The van der Waals surface area contributed by atoms with Crippen molar-refractivity contribution < 1.29 is 13.5 Å². The minimum absolute atomic E-state index is 0.0391. The lowest BCUT2D eigenvalue weighted by atomic mass is 10.2. The molecule has 1 N–H and O–H groups in total. The van der Waals surface area contributed by atoms with E-state index in [0.29, 0.717) is 0 Å². The first-order valence-electron chi connectivity index (χ1n) is 4.91. The van der Waals surface area contributed by atoms with E-state index in [1.165, 1.54) is 0 Å². The van der Waals surface area contributed by atoms with Crippen molar-refractivity contribution in [3.05, 3.63) is 15.9 Å². The maximum atomic E-state index is 11.4. The van der Waals surface area contributed by atoms with Gasteiger partial charge in [0, 0.05) is 0 Å². The van der Waals surface area contributed by atoms with Gasteiger partial charge in [-0.25, -0.2) is 8.42 Å². The number of hydrogen-bond donors (Lipinski definition) is 1. The first-order chi connectivity index (χ1) is 7.32. The van der Waals surface area contributed by atoms with Crippen LogP contribution in [0.5, 0.6) is 0 Å². The zero-order valence-corrected chi connectivity index (χ0v) is 11.4. The third kappa shape index (κ3) is 1.91. The largest absolute Gasteiger partial charge is 0.390 e. The number of hydrogen-bond acceptors (Lipinski definition) is 4. The van der Waals surface area contributed by atoms with Crippen molar-refractivity contribution in [2.75, 3.05) is 11.5 Å². The van der Waals surface area contributed by atoms with E-state index in [2.05, 4.69) is 21.0 Å². The van der Waals surface area contributed by atoms with Crippen molar-refractivity contribution in [1.29, 1.82) is 0 Å². The lowest BCUT2D eigenvalue weighted by Crippen LogP contribution is -2.24. The molecule has 1 saturated heterocycles. The van der Waals surface area contributed by atoms with Crippen LogP contribution in [0.3, 0.4) is 0 Å². The number of nitrogens with zero attached hydrogens (tertiary/aromatic N) is 2. The Morgan fingerprint density at radius 3 is 2.44 bits per heavy atom. The van der Waals surface area contributed by atoms with Crippen LogP contribution in [0.25, 0.3) is 0 Å². The molecule has 1 fully saturated rings. The smallest absolute Gasteiger partial charge is 0.155 e. The van der Waals surface area contributed by atoms with Gasteiger partial charge in [-0.2, -0.15) is 5.10 Å². The lowest BCUT2D eigenvalue weighted by molar-refractivity contribution is 0.145. The number of aliphatic hydroxyl groups is 1. The summed E-state index contributed by atoms with van der Waals surface area (Å²) < 4.78 is 25.3. The van der Waals surface area contributed by atoms with E-state index in [1.54, 1.807) is 4.68 Å². The molecule has 0 saturated carbocycles. The van der Waals surface area contributed by atoms with Crippen molar-refractivity contribution in [2.45, 2.75) is 26.0 Å². The van der Waals surface area contributed by atoms with Crippen LogP contribution in [0.4, 0.5) is 0 Å². The molecule has 2 unspecified atom stereocenters. The summed E-state index contributed by atoms with van der Waals surface area (Å²) in [6.45, 7) is 3.69. The summed E-state index contributed by atoms with van der Waals surface area (Å²) in [6, 6.07) is -0.463. The molecule has 5 nitrogen and oxygen atoms in total. The second kappa shape index (κ2) is 3.82. The number of aliphatic hydroxyl groups excluding tert-OH is 1. The van der Waals surface area contributed by atoms with Gasteiger partial charge in [-0.1, -0.05) is 0 Å². The van der Waals surface area contributed by atoms with E-state index in [1.807, 2.05) is 13.8 Å². The lowest BCUT2D eigenvalue weighted by Gasteiger charge is -2.15. The van der Waals surface area contributed by atoms with Gasteiger partial charge in [0.1, 0.15) is 0 Å². The molecule has 0 spiro atoms. The molecule has 7 heteroatoms. The fourth-order valence-corrected chi connectivity index (χ4v) is 4.03. The number of sulfone groups is 1. The van der Waals surface area contributed by atoms with Gasteiger partial charge in [0.15, 0.2) is 9.84 Å². The minimum atomic E-state index is -3.14. The Labute approximate surface area is 103 Å². The van der Waals surface area contributed by atoms with Gasteiger partial charge in [-0.3, -0.25) is 4.68 Å². The molecule has 2 atom stereocenters. The molecule has 0 amide bonds. The Kier molecular flexibility index (Phi) is 2.88. The van der Waals surface area contributed by atoms with Crippen LogP contribution in [-0.4, -0.2) is 40.9 Å². The van der Waals surface area contributed by atoms with E-state index in [9.17, 15) is 13.5 Å². The summed E-state index contributed by atoms with van der Waals surface area (Å²) in [5, 5.41) is 14.0. The highest BCUT2D eigenvalue weighted by Gasteiger charge is 2.39. The summed E-state index contributed by atoms with van der Waals surface area (Å²) in [4.78, 5) is 0. The van der Waals surface area contributed by atoms with Crippen molar-refractivity contribution >= 4 is 25.8 Å². The van der Waals surface area contributed by atoms with Gasteiger partial charge in [0.05, 0.1) is 39.5 Å². The SMILES string of the molecule is Cc1nn(C2CS(=O)(=O)CC2O)c(C)c1Br. The zero-order valence-electron chi connectivity index (χ0n) is 9.01. The highest BCUT2D eigenvalue weighted by molar-refractivity contribution is 9.10. The second-order valence-electron chi connectivity index (χ2n) is 4.14. The Hall–Kier alpha value is -0.400. The van der Waals surface area contributed by atoms with E-state index in [4.69, 9.17) is 0 Å². The second-order valence-corrected chi connectivity index (χ2v) is 7.09. The Morgan fingerprint density at radius 2 is 2.06 bits per heavy atom. The molecule has 1 aliphatic heterocycles. The highest BCUT2D eigenvalue weighted by Crippen LogP contribution is 2.29. The van der Waals surface area contributed by atoms with E-state index >= 15 is 0 Å². The summed E-state index contributed by atoms with van der Waals surface area (Å²) in [7, 11) is -3.14. The maximum Gasteiger partial charge on any atom is 0.155 e. The molecule has 0 aromatic carbocycles. The van der Waals surface area contributed by atoms with Crippen LogP contribution in [-0.2, 0) is 9.84 Å². The maximum absolute atomic E-state index is 11.4. The summed E-state index contributed by atoms with van der Waals surface area (Å²) in [5.41, 5.74) is 1.65. The molecule has 16 heavy (non-hydrogen) atoms. The molecule has 1 aliphatic rings. The molecule has 90 valence electrons. The summed E-state index contributed by atoms with van der Waals surface area (Å²) in [6.07, 6.45) is -0.866. The third-order valence-corrected chi connectivity index (χ3v) is 5.69. The van der Waals surface area contributed by atoms with Crippen molar-refractivity contribution in [1.82, 2.24) is 9.78 Å². The molecule has 0 aliphatic carbocycles. The zero-order chi connectivity index (χ0) is 12.1. The van der Waals surface area contributed by atoms with Crippen LogP contribution in [0.2, 0.25) is 0 Å². The number of aromatic nitrogens is 2. The van der Waals surface area contributed by atoms with Crippen LogP contribution >= 0.6 is 15.9 Å². The standard InChI is InChI=1S/C9H13BrN2O3S/c1-5-9(10)6(2)12(11-5)7-3-16(14,15)4-8(7)13/h7-8,13H,3-4H2,1-2H3. The van der Waals surface area contributed by atoms with Crippen LogP contribution in [0, 0.1) is 13.8 Å². The number of rotatable bonds is 1. The molecular formula is C9H13BrN2O3S. The quantitative estimate of drug-likeness (QED) is 0.824. The molecule has 1 aromatic heterocycles. The predicted octanol–water partition coefficient (Wildman–Crippen LogP) is 0.593. The predicted molar refractivity (Wildman–Crippen MR) is 63.1 cm³/mol. The molecule has 2 heterocycles. The van der Waals surface area contributed by atoms with Crippen molar-refractivity contribution in [3.63, 3.8) is 0 Å². The van der Waals surface area contributed by atoms with Crippen LogP contribution in [0.1, 0.15) is 17.4 Å². The summed E-state index contributed by atoms with van der Waals surface area (Å²) >= 11 is 3.38. The number of halogens is 1. The van der Waals surface area contributed by atoms with Gasteiger partial charge in [0.25, 0.3) is 0 Å². The Balaban J connectivity index is 2.43. The van der Waals surface area contributed by atoms with Gasteiger partial charge in [-0.15, -0.1) is 0 Å². The fraction of sp³-hybridized carbons (Fsp3) is 0.667.